The van der Waals surface area contributed by atoms with E-state index in [-0.39, 0.29) is 11.7 Å². The van der Waals surface area contributed by atoms with Gasteiger partial charge >= 0.3 is 0 Å². The highest BCUT2D eigenvalue weighted by Gasteiger charge is 2.13. The normalized spacial score (nSPS) is 10.8. The van der Waals surface area contributed by atoms with Gasteiger partial charge < -0.3 is 14.6 Å². The summed E-state index contributed by atoms with van der Waals surface area (Å²) in [6.07, 6.45) is 0. The molecule has 1 aromatic heterocycles. The molecule has 0 unspecified atom stereocenters. The van der Waals surface area contributed by atoms with Crippen LogP contribution in [-0.4, -0.2) is 26.4 Å². The Labute approximate surface area is 183 Å². The molecule has 3 rings (SSSR count). The molecule has 0 fully saturated rings. The number of halogens is 2. The fraction of sp³-hybridized carbons (Fsp3) is 0.250. The Morgan fingerprint density at radius 1 is 1.17 bits per heavy atom. The number of nitrogens with one attached hydrogen (secondary N) is 1. The van der Waals surface area contributed by atoms with E-state index in [0.717, 1.165) is 11.3 Å². The van der Waals surface area contributed by atoms with Gasteiger partial charge in [-0.25, -0.2) is 0 Å². The molecule has 9 heteroatoms. The van der Waals surface area contributed by atoms with Crippen molar-refractivity contribution in [2.24, 2.45) is 7.05 Å². The van der Waals surface area contributed by atoms with Crippen molar-refractivity contribution in [3.05, 3.63) is 63.4 Å². The molecule has 2 aromatic carbocycles. The molecule has 0 aliphatic heterocycles. The maximum Gasteiger partial charge on any atom is 0.234 e. The molecule has 0 spiro atoms. The van der Waals surface area contributed by atoms with Crippen LogP contribution in [0.5, 0.6) is 5.75 Å². The van der Waals surface area contributed by atoms with Crippen molar-refractivity contribution in [2.75, 3.05) is 11.1 Å². The molecule has 29 heavy (non-hydrogen) atoms. The van der Waals surface area contributed by atoms with Crippen LogP contribution < -0.4 is 10.1 Å². The number of benzene rings is 2. The van der Waals surface area contributed by atoms with Gasteiger partial charge in [-0.2, -0.15) is 0 Å². The van der Waals surface area contributed by atoms with E-state index in [0.29, 0.717) is 33.3 Å². The van der Waals surface area contributed by atoms with Gasteiger partial charge in [-0.05, 0) is 49.2 Å². The molecule has 1 heterocycles. The van der Waals surface area contributed by atoms with Crippen LogP contribution in [0, 0.1) is 13.8 Å². The highest BCUT2D eigenvalue weighted by molar-refractivity contribution is 7.99. The van der Waals surface area contributed by atoms with Crippen molar-refractivity contribution in [1.29, 1.82) is 0 Å². The molecule has 0 aliphatic carbocycles. The van der Waals surface area contributed by atoms with Crippen molar-refractivity contribution >= 4 is 46.6 Å². The summed E-state index contributed by atoms with van der Waals surface area (Å²) in [5, 5.41) is 12.6. The molecule has 3 aromatic rings. The number of aryl methyl sites for hydroxylation is 1. The summed E-state index contributed by atoms with van der Waals surface area (Å²) in [4.78, 5) is 12.2. The SMILES string of the molecule is Cc1cccc(OCc2nnc(SCC(=O)Nc3ccc(Cl)c(Cl)c3)n2C)c1C. The number of anilines is 1. The lowest BCUT2D eigenvalue weighted by molar-refractivity contribution is -0.113. The van der Waals surface area contributed by atoms with E-state index >= 15 is 0 Å². The second kappa shape index (κ2) is 9.52. The predicted octanol–water partition coefficient (Wildman–Crippen LogP) is 5.05. The first-order valence-electron chi connectivity index (χ1n) is 8.80. The van der Waals surface area contributed by atoms with Crippen LogP contribution in [0.3, 0.4) is 0 Å². The highest BCUT2D eigenvalue weighted by Crippen LogP contribution is 2.26. The monoisotopic (exact) mass is 450 g/mol. The number of carbonyl (C=O) groups is 1. The second-order valence-electron chi connectivity index (χ2n) is 6.41. The molecule has 0 radical (unpaired) electrons. The number of hydrogen-bond acceptors (Lipinski definition) is 5. The number of ether oxygens (including phenoxy) is 1. The number of hydrogen-bond donors (Lipinski definition) is 1. The summed E-state index contributed by atoms with van der Waals surface area (Å²) >= 11 is 13.1. The van der Waals surface area contributed by atoms with E-state index in [2.05, 4.69) is 15.5 Å². The number of aromatic nitrogens is 3. The number of carbonyl (C=O) groups excluding carboxylic acids is 1. The standard InChI is InChI=1S/C20H20Cl2N4O2S/c1-12-5-4-6-17(13(12)2)28-10-18-24-25-20(26(18)3)29-11-19(27)23-14-7-8-15(21)16(22)9-14/h4-9H,10-11H2,1-3H3,(H,23,27). The van der Waals surface area contributed by atoms with E-state index in [9.17, 15) is 4.79 Å². The number of amides is 1. The average Bonchev–Trinajstić information content (AvgIpc) is 3.04. The molecule has 152 valence electrons. The van der Waals surface area contributed by atoms with Gasteiger partial charge in [0.25, 0.3) is 0 Å². The van der Waals surface area contributed by atoms with E-state index in [4.69, 9.17) is 27.9 Å². The average molecular weight is 451 g/mol. The molecular formula is C20H20Cl2N4O2S. The topological polar surface area (TPSA) is 69.0 Å². The highest BCUT2D eigenvalue weighted by atomic mass is 35.5. The van der Waals surface area contributed by atoms with Gasteiger partial charge in [-0.15, -0.1) is 10.2 Å². The van der Waals surface area contributed by atoms with E-state index in [1.807, 2.05) is 43.7 Å². The molecule has 0 saturated carbocycles. The van der Waals surface area contributed by atoms with Crippen LogP contribution in [0.25, 0.3) is 0 Å². The quantitative estimate of drug-likeness (QED) is 0.510. The number of thioether (sulfide) groups is 1. The second-order valence-corrected chi connectivity index (χ2v) is 8.17. The molecule has 0 atom stereocenters. The maximum atomic E-state index is 12.2. The van der Waals surface area contributed by atoms with Crippen LogP contribution in [0.4, 0.5) is 5.69 Å². The van der Waals surface area contributed by atoms with Gasteiger partial charge in [0.15, 0.2) is 11.0 Å². The lowest BCUT2D eigenvalue weighted by Crippen LogP contribution is -2.14. The van der Waals surface area contributed by atoms with Crippen molar-refractivity contribution in [3.8, 4) is 5.75 Å². The molecule has 1 N–H and O–H groups in total. The van der Waals surface area contributed by atoms with Crippen molar-refractivity contribution in [3.63, 3.8) is 0 Å². The van der Waals surface area contributed by atoms with Gasteiger partial charge in [0.05, 0.1) is 15.8 Å². The van der Waals surface area contributed by atoms with Gasteiger partial charge in [0, 0.05) is 12.7 Å². The Kier molecular flexibility index (Phi) is 7.05. The van der Waals surface area contributed by atoms with Crippen molar-refractivity contribution in [2.45, 2.75) is 25.6 Å². The fourth-order valence-electron chi connectivity index (χ4n) is 2.52. The summed E-state index contributed by atoms with van der Waals surface area (Å²) in [7, 11) is 1.85. The Morgan fingerprint density at radius 3 is 2.72 bits per heavy atom. The van der Waals surface area contributed by atoms with E-state index in [1.54, 1.807) is 18.2 Å². The summed E-state index contributed by atoms with van der Waals surface area (Å²) in [6.45, 7) is 4.36. The Hall–Kier alpha value is -2.22. The lowest BCUT2D eigenvalue weighted by Gasteiger charge is -2.10. The molecule has 0 bridgehead atoms. The molecule has 0 saturated heterocycles. The first kappa shape index (κ1) is 21.5. The zero-order chi connectivity index (χ0) is 21.0. The first-order chi connectivity index (χ1) is 13.8. The summed E-state index contributed by atoms with van der Waals surface area (Å²) in [5.41, 5.74) is 2.86. The van der Waals surface area contributed by atoms with Crippen LogP contribution in [0.15, 0.2) is 41.6 Å². The van der Waals surface area contributed by atoms with Crippen molar-refractivity contribution in [1.82, 2.24) is 14.8 Å². The summed E-state index contributed by atoms with van der Waals surface area (Å²) in [6, 6.07) is 10.9. The largest absolute Gasteiger partial charge is 0.485 e. The van der Waals surface area contributed by atoms with E-state index < -0.39 is 0 Å². The fourth-order valence-corrected chi connectivity index (χ4v) is 3.55. The molecular weight excluding hydrogens is 431 g/mol. The Bertz CT molecular complexity index is 1040. The van der Waals surface area contributed by atoms with E-state index in [1.165, 1.54) is 17.3 Å². The summed E-state index contributed by atoms with van der Waals surface area (Å²) < 4.78 is 7.71. The number of nitrogens with zero attached hydrogens (tertiary/aromatic N) is 3. The maximum absolute atomic E-state index is 12.2. The lowest BCUT2D eigenvalue weighted by atomic mass is 10.1. The van der Waals surface area contributed by atoms with Gasteiger partial charge in [0.2, 0.25) is 5.91 Å². The predicted molar refractivity (Wildman–Crippen MR) is 117 cm³/mol. The Morgan fingerprint density at radius 2 is 1.97 bits per heavy atom. The molecule has 0 aliphatic rings. The van der Waals surface area contributed by atoms with Crippen molar-refractivity contribution < 1.29 is 9.53 Å². The molecule has 1 amide bonds. The van der Waals surface area contributed by atoms with Crippen LogP contribution >= 0.6 is 35.0 Å². The molecule has 6 nitrogen and oxygen atoms in total. The minimum Gasteiger partial charge on any atom is -0.485 e. The third kappa shape index (κ3) is 5.44. The van der Waals surface area contributed by atoms with Gasteiger partial charge in [-0.1, -0.05) is 47.1 Å². The minimum absolute atomic E-state index is 0.176. The zero-order valence-electron chi connectivity index (χ0n) is 16.2. The van der Waals surface area contributed by atoms with Crippen LogP contribution in [-0.2, 0) is 18.4 Å². The van der Waals surface area contributed by atoms with Crippen LogP contribution in [0.1, 0.15) is 17.0 Å². The third-order valence-corrected chi connectivity index (χ3v) is 6.13. The Balaban J connectivity index is 1.55. The number of rotatable bonds is 7. The zero-order valence-corrected chi connectivity index (χ0v) is 18.5. The van der Waals surface area contributed by atoms with Gasteiger partial charge in [-0.3, -0.25) is 4.79 Å². The van der Waals surface area contributed by atoms with Crippen LogP contribution in [0.2, 0.25) is 10.0 Å². The summed E-state index contributed by atoms with van der Waals surface area (Å²) in [5.74, 6) is 1.51. The minimum atomic E-state index is -0.176. The first-order valence-corrected chi connectivity index (χ1v) is 10.5. The van der Waals surface area contributed by atoms with Gasteiger partial charge in [0.1, 0.15) is 12.4 Å². The third-order valence-electron chi connectivity index (χ3n) is 4.37. The smallest absolute Gasteiger partial charge is 0.234 e.